The molecule has 3 rings (SSSR count). The van der Waals surface area contributed by atoms with Gasteiger partial charge >= 0.3 is 5.97 Å². The van der Waals surface area contributed by atoms with E-state index >= 15 is 0 Å². The highest BCUT2D eigenvalue weighted by molar-refractivity contribution is 7.20. The molecule has 0 aliphatic carbocycles. The van der Waals surface area contributed by atoms with Crippen molar-refractivity contribution in [2.45, 2.75) is 26.7 Å². The van der Waals surface area contributed by atoms with Gasteiger partial charge in [0, 0.05) is 13.0 Å². The van der Waals surface area contributed by atoms with E-state index in [1.165, 1.54) is 4.52 Å². The molecule has 2 N–H and O–H groups in total. The van der Waals surface area contributed by atoms with Crippen LogP contribution in [0, 0.1) is 18.3 Å². The lowest BCUT2D eigenvalue weighted by Gasteiger charge is -2.04. The molecule has 0 aromatic carbocycles. The molecule has 140 valence electrons. The van der Waals surface area contributed by atoms with Gasteiger partial charge < -0.3 is 10.1 Å². The molecule has 3 aromatic rings. The Morgan fingerprint density at radius 3 is 2.93 bits per heavy atom. The van der Waals surface area contributed by atoms with Crippen molar-refractivity contribution < 1.29 is 14.3 Å². The van der Waals surface area contributed by atoms with Gasteiger partial charge in [-0.15, -0.1) is 16.4 Å². The number of aryl methyl sites for hydroxylation is 1. The quantitative estimate of drug-likeness (QED) is 0.471. The van der Waals surface area contributed by atoms with Gasteiger partial charge in [-0.2, -0.15) is 10.2 Å². The number of aromatic amines is 1. The van der Waals surface area contributed by atoms with Gasteiger partial charge in [0.2, 0.25) is 5.69 Å². The molecule has 0 aliphatic rings. The SMILES string of the molecule is CCOC(=O)CCCNC(=O)c1sc2c(c1C)c(=O)nc1c(C#N)n[nH]n12. The molecule has 0 radical (unpaired) electrons. The summed E-state index contributed by atoms with van der Waals surface area (Å²) in [6.07, 6.45) is 0.670. The molecule has 10 nitrogen and oxygen atoms in total. The molecule has 27 heavy (non-hydrogen) atoms. The number of nitrogens with one attached hydrogen (secondary N) is 2. The Kier molecular flexibility index (Phi) is 5.18. The van der Waals surface area contributed by atoms with Crippen LogP contribution in [0.4, 0.5) is 0 Å². The van der Waals surface area contributed by atoms with Crippen molar-refractivity contribution in [2.24, 2.45) is 0 Å². The van der Waals surface area contributed by atoms with Crippen LogP contribution in [-0.4, -0.2) is 44.8 Å². The van der Waals surface area contributed by atoms with Crippen LogP contribution in [0.15, 0.2) is 4.79 Å². The van der Waals surface area contributed by atoms with Gasteiger partial charge in [0.1, 0.15) is 10.9 Å². The zero-order valence-corrected chi connectivity index (χ0v) is 15.5. The maximum atomic E-state index is 12.5. The zero-order chi connectivity index (χ0) is 19.6. The van der Waals surface area contributed by atoms with E-state index < -0.39 is 5.56 Å². The van der Waals surface area contributed by atoms with Crippen LogP contribution in [0.1, 0.15) is 40.7 Å². The molecule has 0 spiro atoms. The van der Waals surface area contributed by atoms with Crippen molar-refractivity contribution in [3.63, 3.8) is 0 Å². The van der Waals surface area contributed by atoms with Gasteiger partial charge in [-0.25, -0.2) is 9.73 Å². The Morgan fingerprint density at radius 2 is 2.22 bits per heavy atom. The van der Waals surface area contributed by atoms with Gasteiger partial charge in [-0.3, -0.25) is 14.4 Å². The number of carbonyl (C=O) groups is 2. The van der Waals surface area contributed by atoms with E-state index in [9.17, 15) is 14.4 Å². The summed E-state index contributed by atoms with van der Waals surface area (Å²) >= 11 is 1.11. The van der Waals surface area contributed by atoms with Gasteiger partial charge in [-0.1, -0.05) is 0 Å². The first-order valence-corrected chi connectivity index (χ1v) is 9.03. The molecule has 0 saturated heterocycles. The van der Waals surface area contributed by atoms with Crippen molar-refractivity contribution in [3.05, 3.63) is 26.5 Å². The van der Waals surface area contributed by atoms with E-state index in [-0.39, 0.29) is 29.6 Å². The number of nitrogens with zero attached hydrogens (tertiary/aromatic N) is 4. The van der Waals surface area contributed by atoms with Crippen LogP contribution in [0.5, 0.6) is 0 Å². The topological polar surface area (TPSA) is 142 Å². The first-order chi connectivity index (χ1) is 13.0. The number of hydrogen-bond donors (Lipinski definition) is 2. The zero-order valence-electron chi connectivity index (χ0n) is 14.7. The molecular weight excluding hydrogens is 372 g/mol. The summed E-state index contributed by atoms with van der Waals surface area (Å²) in [6.45, 7) is 4.03. The molecule has 0 aliphatic heterocycles. The summed E-state index contributed by atoms with van der Waals surface area (Å²) in [5.41, 5.74) is 0.124. The van der Waals surface area contributed by atoms with E-state index in [1.54, 1.807) is 13.8 Å². The number of fused-ring (bicyclic) bond motifs is 3. The van der Waals surface area contributed by atoms with Gasteiger partial charge in [-0.05, 0) is 25.8 Å². The molecule has 3 aromatic heterocycles. The lowest BCUT2D eigenvalue weighted by Crippen LogP contribution is -2.25. The normalized spacial score (nSPS) is 10.9. The molecule has 1 amide bonds. The number of thiophene rings is 1. The maximum absolute atomic E-state index is 12.5. The molecule has 0 fully saturated rings. The number of rotatable bonds is 6. The number of carbonyl (C=O) groups excluding carboxylic acids is 2. The Morgan fingerprint density at radius 1 is 1.44 bits per heavy atom. The molecule has 11 heteroatoms. The minimum Gasteiger partial charge on any atom is -0.466 e. The van der Waals surface area contributed by atoms with Crippen LogP contribution >= 0.6 is 11.3 Å². The van der Waals surface area contributed by atoms with Gasteiger partial charge in [0.25, 0.3) is 11.5 Å². The number of nitriles is 1. The fraction of sp³-hybridized carbons (Fsp3) is 0.375. The number of hydrogen-bond acceptors (Lipinski definition) is 8. The van der Waals surface area contributed by atoms with Gasteiger partial charge in [0.05, 0.1) is 16.9 Å². The van der Waals surface area contributed by atoms with Crippen LogP contribution < -0.4 is 10.9 Å². The Labute approximate surface area is 156 Å². The van der Waals surface area contributed by atoms with Crippen LogP contribution in [0.2, 0.25) is 0 Å². The first-order valence-electron chi connectivity index (χ1n) is 8.22. The standard InChI is InChI=1S/C16H16N6O4S/c1-3-26-10(23)5-4-6-18-15(25)12-8(2)11-14(24)19-13-9(7-17)20-21-22(13)16(11)27-12/h21H,3-6H2,1-2H3,(H,18,25). The number of aromatic nitrogens is 4. The predicted molar refractivity (Wildman–Crippen MR) is 96.6 cm³/mol. The second-order valence-corrected chi connectivity index (χ2v) is 6.65. The third-order valence-electron chi connectivity index (χ3n) is 3.90. The summed E-state index contributed by atoms with van der Waals surface area (Å²) < 4.78 is 6.25. The highest BCUT2D eigenvalue weighted by atomic mass is 32.1. The molecule has 0 saturated carbocycles. The van der Waals surface area contributed by atoms with Gasteiger partial charge in [0.15, 0.2) is 5.65 Å². The van der Waals surface area contributed by atoms with Crippen molar-refractivity contribution in [2.75, 3.05) is 13.2 Å². The largest absolute Gasteiger partial charge is 0.466 e. The smallest absolute Gasteiger partial charge is 0.305 e. The van der Waals surface area contributed by atoms with E-state index in [2.05, 4.69) is 20.6 Å². The minimum atomic E-state index is -0.516. The summed E-state index contributed by atoms with van der Waals surface area (Å²) in [7, 11) is 0. The minimum absolute atomic E-state index is 0.00465. The lowest BCUT2D eigenvalue weighted by molar-refractivity contribution is -0.143. The Bertz CT molecular complexity index is 1140. The summed E-state index contributed by atoms with van der Waals surface area (Å²) in [5, 5.41) is 18.5. The lowest BCUT2D eigenvalue weighted by atomic mass is 10.2. The maximum Gasteiger partial charge on any atom is 0.305 e. The monoisotopic (exact) mass is 388 g/mol. The summed E-state index contributed by atoms with van der Waals surface area (Å²) in [6, 6.07) is 1.86. The second-order valence-electron chi connectivity index (χ2n) is 5.65. The Hall–Kier alpha value is -3.26. The third-order valence-corrected chi connectivity index (χ3v) is 5.17. The molecule has 0 unspecified atom stereocenters. The highest BCUT2D eigenvalue weighted by Crippen LogP contribution is 2.28. The fourth-order valence-corrected chi connectivity index (χ4v) is 3.82. The van der Waals surface area contributed by atoms with Crippen LogP contribution in [0.3, 0.4) is 0 Å². The van der Waals surface area contributed by atoms with Crippen molar-refractivity contribution in [3.8, 4) is 6.07 Å². The molecular formula is C16H16N6O4S. The molecule has 0 bridgehead atoms. The fourth-order valence-electron chi connectivity index (χ4n) is 2.65. The van der Waals surface area contributed by atoms with E-state index in [0.29, 0.717) is 40.2 Å². The van der Waals surface area contributed by atoms with E-state index in [4.69, 9.17) is 10.00 Å². The van der Waals surface area contributed by atoms with Crippen LogP contribution in [-0.2, 0) is 9.53 Å². The molecule has 3 heterocycles. The summed E-state index contributed by atoms with van der Waals surface area (Å²) in [5.74, 6) is -0.649. The molecule has 0 atom stereocenters. The van der Waals surface area contributed by atoms with E-state index in [1.807, 2.05) is 6.07 Å². The third kappa shape index (κ3) is 3.39. The second kappa shape index (κ2) is 7.55. The summed E-state index contributed by atoms with van der Waals surface area (Å²) in [4.78, 5) is 40.9. The van der Waals surface area contributed by atoms with Crippen molar-refractivity contribution in [1.82, 2.24) is 25.1 Å². The van der Waals surface area contributed by atoms with E-state index in [0.717, 1.165) is 11.3 Å². The first kappa shape index (κ1) is 18.5. The van der Waals surface area contributed by atoms with Crippen molar-refractivity contribution >= 4 is 39.1 Å². The van der Waals surface area contributed by atoms with Crippen LogP contribution in [0.25, 0.3) is 15.9 Å². The number of H-pyrrole nitrogens is 1. The Balaban J connectivity index is 1.85. The number of amides is 1. The number of esters is 1. The average molecular weight is 388 g/mol. The number of ether oxygens (including phenoxy) is 1. The highest BCUT2D eigenvalue weighted by Gasteiger charge is 2.21. The van der Waals surface area contributed by atoms with Crippen molar-refractivity contribution in [1.29, 1.82) is 5.26 Å². The average Bonchev–Trinajstić information content (AvgIpc) is 3.20. The predicted octanol–water partition coefficient (Wildman–Crippen LogP) is 0.885.